The first kappa shape index (κ1) is 15.2. The van der Waals surface area contributed by atoms with E-state index >= 15 is 0 Å². The molecule has 0 aliphatic rings. The Morgan fingerprint density at radius 3 is 1.94 bits per heavy atom. The molecule has 0 aromatic carbocycles. The molecule has 0 fully saturated rings. The molecule has 5 nitrogen and oxygen atoms in total. The zero-order valence-corrected chi connectivity index (χ0v) is 11.3. The molecule has 0 aliphatic carbocycles. The molecule has 96 valence electrons. The quantitative estimate of drug-likeness (QED) is 0.232. The van der Waals surface area contributed by atoms with E-state index in [0.29, 0.717) is 5.70 Å². The maximum atomic E-state index is 11.6. The summed E-state index contributed by atoms with van der Waals surface area (Å²) in [6, 6.07) is 0. The molecular formula is C12H20N2O3. The Balaban J connectivity index is 5.60. The van der Waals surface area contributed by atoms with Crippen LogP contribution in [-0.2, 0) is 14.3 Å². The number of esters is 1. The molecule has 17 heavy (non-hydrogen) atoms. The van der Waals surface area contributed by atoms with Crippen LogP contribution < -0.4 is 0 Å². The lowest BCUT2D eigenvalue weighted by Gasteiger charge is -2.17. The van der Waals surface area contributed by atoms with Crippen LogP contribution in [0.5, 0.6) is 0 Å². The number of allylic oxidation sites excluding steroid dienone is 1. The fourth-order valence-corrected chi connectivity index (χ4v) is 1.21. The van der Waals surface area contributed by atoms with Gasteiger partial charge in [0, 0.05) is 34.4 Å². The summed E-state index contributed by atoms with van der Waals surface area (Å²) in [6.07, 6.45) is 3.47. The molecule has 0 aromatic heterocycles. The molecule has 0 atom stereocenters. The van der Waals surface area contributed by atoms with E-state index in [1.54, 1.807) is 31.3 Å². The van der Waals surface area contributed by atoms with Crippen molar-refractivity contribution < 1.29 is 14.3 Å². The van der Waals surface area contributed by atoms with Crippen LogP contribution in [0.25, 0.3) is 0 Å². The molecule has 0 aromatic rings. The number of methoxy groups -OCH3 is 1. The second-order valence-electron chi connectivity index (χ2n) is 3.98. The number of carbonyl (C=O) groups excluding carboxylic acids is 2. The molecule has 0 saturated heterocycles. The van der Waals surface area contributed by atoms with E-state index < -0.39 is 5.97 Å². The van der Waals surface area contributed by atoms with E-state index in [4.69, 9.17) is 0 Å². The summed E-state index contributed by atoms with van der Waals surface area (Å²) >= 11 is 0. The average Bonchev–Trinajstić information content (AvgIpc) is 2.21. The topological polar surface area (TPSA) is 49.9 Å². The van der Waals surface area contributed by atoms with Crippen LogP contribution in [0.1, 0.15) is 6.92 Å². The van der Waals surface area contributed by atoms with Crippen molar-refractivity contribution in [2.45, 2.75) is 6.92 Å². The number of nitrogens with zero attached hydrogens (tertiary/aromatic N) is 2. The van der Waals surface area contributed by atoms with Gasteiger partial charge in [-0.05, 0) is 13.0 Å². The minimum absolute atomic E-state index is 0.0515. The van der Waals surface area contributed by atoms with Crippen LogP contribution in [0.15, 0.2) is 23.5 Å². The molecule has 5 heteroatoms. The number of ketones is 1. The van der Waals surface area contributed by atoms with Crippen molar-refractivity contribution in [2.75, 3.05) is 35.3 Å². The molecular weight excluding hydrogens is 220 g/mol. The number of carbonyl (C=O) groups is 2. The van der Waals surface area contributed by atoms with Gasteiger partial charge in [0.05, 0.1) is 12.8 Å². The van der Waals surface area contributed by atoms with E-state index in [-0.39, 0.29) is 11.4 Å². The van der Waals surface area contributed by atoms with Crippen LogP contribution >= 0.6 is 0 Å². The highest BCUT2D eigenvalue weighted by Crippen LogP contribution is 2.12. The number of likely N-dealkylation sites (N-methyl/N-ethyl adjacent to an activating group) is 1. The Labute approximate surface area is 102 Å². The minimum atomic E-state index is -0.621. The van der Waals surface area contributed by atoms with Gasteiger partial charge in [0.2, 0.25) is 0 Å². The summed E-state index contributed by atoms with van der Waals surface area (Å²) in [6.45, 7) is 1.35. The smallest absolute Gasteiger partial charge is 0.343 e. The third-order valence-electron chi connectivity index (χ3n) is 2.01. The first-order valence-corrected chi connectivity index (χ1v) is 5.16. The monoisotopic (exact) mass is 240 g/mol. The van der Waals surface area contributed by atoms with Crippen molar-refractivity contribution in [3.05, 3.63) is 23.5 Å². The lowest BCUT2D eigenvalue weighted by atomic mass is 10.1. The van der Waals surface area contributed by atoms with Crippen LogP contribution in [-0.4, -0.2) is 56.9 Å². The summed E-state index contributed by atoms with van der Waals surface area (Å²) in [4.78, 5) is 26.6. The van der Waals surface area contributed by atoms with Crippen molar-refractivity contribution in [1.82, 2.24) is 9.80 Å². The minimum Gasteiger partial charge on any atom is -0.465 e. The van der Waals surface area contributed by atoms with Crippen LogP contribution in [0.2, 0.25) is 0 Å². The Bertz CT molecular complexity index is 355. The fraction of sp³-hybridized carbons (Fsp3) is 0.500. The standard InChI is InChI=1S/C12H20N2O3/c1-9(15)11(12(16)17-6)10(14(4)5)7-8-13(2)3/h7-8H,1-6H3/b8-7+,11-10-. The highest BCUT2D eigenvalue weighted by atomic mass is 16.5. The van der Waals surface area contributed by atoms with E-state index in [2.05, 4.69) is 4.74 Å². The van der Waals surface area contributed by atoms with Gasteiger partial charge in [-0.25, -0.2) is 4.79 Å². The van der Waals surface area contributed by atoms with Crippen molar-refractivity contribution in [3.63, 3.8) is 0 Å². The lowest BCUT2D eigenvalue weighted by molar-refractivity contribution is -0.137. The van der Waals surface area contributed by atoms with Gasteiger partial charge in [-0.1, -0.05) is 0 Å². The SMILES string of the molecule is COC(=O)/C(C(C)=O)=C(/C=C/N(C)C)N(C)C. The summed E-state index contributed by atoms with van der Waals surface area (Å²) in [5, 5.41) is 0. The predicted molar refractivity (Wildman–Crippen MR) is 66.2 cm³/mol. The van der Waals surface area contributed by atoms with E-state index in [1.165, 1.54) is 14.0 Å². The van der Waals surface area contributed by atoms with Gasteiger partial charge in [0.15, 0.2) is 5.78 Å². The van der Waals surface area contributed by atoms with E-state index in [0.717, 1.165) is 0 Å². The van der Waals surface area contributed by atoms with Gasteiger partial charge in [-0.15, -0.1) is 0 Å². The van der Waals surface area contributed by atoms with E-state index in [1.807, 2.05) is 19.0 Å². The molecule has 0 heterocycles. The normalized spacial score (nSPS) is 12.1. The predicted octanol–water partition coefficient (Wildman–Crippen LogP) is 0.639. The summed E-state index contributed by atoms with van der Waals surface area (Å²) in [5.41, 5.74) is 0.577. The first-order valence-electron chi connectivity index (χ1n) is 5.16. The number of rotatable bonds is 5. The van der Waals surface area contributed by atoms with Gasteiger partial charge >= 0.3 is 5.97 Å². The molecule has 0 radical (unpaired) electrons. The maximum Gasteiger partial charge on any atom is 0.343 e. The van der Waals surface area contributed by atoms with E-state index in [9.17, 15) is 9.59 Å². The third-order valence-corrected chi connectivity index (χ3v) is 2.01. The summed E-state index contributed by atoms with van der Waals surface area (Å²) in [7, 11) is 8.50. The Kier molecular flexibility index (Phi) is 6.02. The zero-order valence-electron chi connectivity index (χ0n) is 11.3. The van der Waals surface area contributed by atoms with Crippen LogP contribution in [0.3, 0.4) is 0 Å². The largest absolute Gasteiger partial charge is 0.465 e. The zero-order chi connectivity index (χ0) is 13.6. The van der Waals surface area contributed by atoms with Gasteiger partial charge in [-0.3, -0.25) is 4.79 Å². The lowest BCUT2D eigenvalue weighted by Crippen LogP contribution is -2.21. The van der Waals surface area contributed by atoms with Gasteiger partial charge in [-0.2, -0.15) is 0 Å². The molecule has 0 unspecified atom stereocenters. The Hall–Kier alpha value is -1.78. The van der Waals surface area contributed by atoms with Crippen molar-refractivity contribution >= 4 is 11.8 Å². The Morgan fingerprint density at radius 2 is 1.65 bits per heavy atom. The second kappa shape index (κ2) is 6.73. The maximum absolute atomic E-state index is 11.6. The fourth-order valence-electron chi connectivity index (χ4n) is 1.21. The van der Waals surface area contributed by atoms with Gasteiger partial charge < -0.3 is 14.5 Å². The molecule has 0 aliphatic heterocycles. The number of hydrogen-bond donors (Lipinski definition) is 0. The number of Topliss-reactive ketones (excluding diaryl/α,β-unsaturated/α-hetero) is 1. The highest BCUT2D eigenvalue weighted by Gasteiger charge is 2.20. The van der Waals surface area contributed by atoms with Crippen molar-refractivity contribution in [3.8, 4) is 0 Å². The van der Waals surface area contributed by atoms with Crippen molar-refractivity contribution in [1.29, 1.82) is 0 Å². The molecule has 0 N–H and O–H groups in total. The van der Waals surface area contributed by atoms with Crippen molar-refractivity contribution in [2.24, 2.45) is 0 Å². The highest BCUT2D eigenvalue weighted by molar-refractivity contribution is 6.17. The number of ether oxygens (including phenoxy) is 1. The molecule has 0 bridgehead atoms. The van der Waals surface area contributed by atoms with Crippen LogP contribution in [0.4, 0.5) is 0 Å². The van der Waals surface area contributed by atoms with Crippen LogP contribution in [0, 0.1) is 0 Å². The molecule has 0 amide bonds. The number of hydrogen-bond acceptors (Lipinski definition) is 5. The molecule has 0 saturated carbocycles. The third kappa shape index (κ3) is 4.72. The Morgan fingerprint density at radius 1 is 1.12 bits per heavy atom. The molecule has 0 spiro atoms. The van der Waals surface area contributed by atoms with Gasteiger partial charge in [0.25, 0.3) is 0 Å². The van der Waals surface area contributed by atoms with Gasteiger partial charge in [0.1, 0.15) is 5.57 Å². The average molecular weight is 240 g/mol. The summed E-state index contributed by atoms with van der Waals surface area (Å²) < 4.78 is 4.62. The first-order chi connectivity index (χ1) is 7.81. The second-order valence-corrected chi connectivity index (χ2v) is 3.98. The molecule has 0 rings (SSSR count). The summed E-state index contributed by atoms with van der Waals surface area (Å²) in [5.74, 6) is -0.937.